The number of rotatable bonds is 4. The lowest BCUT2D eigenvalue weighted by Crippen LogP contribution is -2.27. The first kappa shape index (κ1) is 11.8. The summed E-state index contributed by atoms with van der Waals surface area (Å²) in [5.41, 5.74) is 1.05. The summed E-state index contributed by atoms with van der Waals surface area (Å²) in [5, 5.41) is 7.11. The fraction of sp³-hybridized carbons (Fsp3) is 0.714. The summed E-state index contributed by atoms with van der Waals surface area (Å²) < 4.78 is 1.80. The summed E-state index contributed by atoms with van der Waals surface area (Å²) in [6, 6.07) is 1.94. The largest absolute Gasteiger partial charge is 0.350 e. The van der Waals surface area contributed by atoms with E-state index in [0.29, 0.717) is 12.5 Å². The van der Waals surface area contributed by atoms with Gasteiger partial charge in [-0.05, 0) is 43.1 Å². The average Bonchev–Trinajstić information content (AvgIpc) is 3.03. The molecule has 2 fully saturated rings. The third-order valence-electron chi connectivity index (χ3n) is 4.72. The highest BCUT2D eigenvalue weighted by atomic mass is 16.1. The van der Waals surface area contributed by atoms with E-state index in [1.807, 2.05) is 13.1 Å². The van der Waals surface area contributed by atoms with Crippen molar-refractivity contribution >= 4 is 5.91 Å². The molecule has 1 aromatic heterocycles. The second kappa shape index (κ2) is 4.75. The van der Waals surface area contributed by atoms with E-state index >= 15 is 0 Å². The maximum atomic E-state index is 11.9. The van der Waals surface area contributed by atoms with Crippen LogP contribution in [0.1, 0.15) is 37.8 Å². The molecule has 0 saturated heterocycles. The lowest BCUT2D eigenvalue weighted by molar-refractivity contribution is -0.122. The fourth-order valence-corrected chi connectivity index (χ4v) is 3.70. The lowest BCUT2D eigenvalue weighted by atomic mass is 9.86. The van der Waals surface area contributed by atoms with Crippen LogP contribution in [-0.2, 0) is 18.4 Å². The van der Waals surface area contributed by atoms with E-state index in [-0.39, 0.29) is 5.91 Å². The van der Waals surface area contributed by atoms with Crippen molar-refractivity contribution in [2.45, 2.75) is 38.6 Å². The van der Waals surface area contributed by atoms with Gasteiger partial charge >= 0.3 is 0 Å². The molecule has 2 aliphatic rings. The van der Waals surface area contributed by atoms with E-state index in [1.165, 1.54) is 25.7 Å². The number of hydrogen-bond donors (Lipinski definition) is 1. The van der Waals surface area contributed by atoms with E-state index in [9.17, 15) is 4.79 Å². The molecule has 0 radical (unpaired) electrons. The van der Waals surface area contributed by atoms with Gasteiger partial charge in [-0.3, -0.25) is 9.48 Å². The molecule has 3 atom stereocenters. The Balaban J connectivity index is 1.46. The van der Waals surface area contributed by atoms with Gasteiger partial charge in [0.25, 0.3) is 0 Å². The predicted molar refractivity (Wildman–Crippen MR) is 68.6 cm³/mol. The number of carbonyl (C=O) groups is 1. The summed E-state index contributed by atoms with van der Waals surface area (Å²) >= 11 is 0. The molecule has 0 spiro atoms. The summed E-state index contributed by atoms with van der Waals surface area (Å²) in [5.74, 6) is 2.60. The van der Waals surface area contributed by atoms with Crippen LogP contribution in [0, 0.1) is 17.8 Å². The Morgan fingerprint density at radius 3 is 3.00 bits per heavy atom. The number of fused-ring (bicyclic) bond motifs is 2. The third kappa shape index (κ3) is 2.28. The Kier molecular flexibility index (Phi) is 3.10. The molecule has 1 aromatic rings. The van der Waals surface area contributed by atoms with Gasteiger partial charge < -0.3 is 5.32 Å². The number of nitrogens with one attached hydrogen (secondary N) is 1. The SMILES string of the molecule is Cn1nccc1CNC(=O)CC1CC2CCC1C2. The van der Waals surface area contributed by atoms with E-state index in [1.54, 1.807) is 10.9 Å². The van der Waals surface area contributed by atoms with Crippen LogP contribution in [0.15, 0.2) is 12.3 Å². The molecular weight excluding hydrogens is 226 g/mol. The first-order valence-corrected chi connectivity index (χ1v) is 6.96. The number of carbonyl (C=O) groups excluding carboxylic acids is 1. The van der Waals surface area contributed by atoms with Crippen molar-refractivity contribution in [2.24, 2.45) is 24.8 Å². The summed E-state index contributed by atoms with van der Waals surface area (Å²) in [6.45, 7) is 0.593. The van der Waals surface area contributed by atoms with Crippen molar-refractivity contribution in [3.05, 3.63) is 18.0 Å². The zero-order chi connectivity index (χ0) is 12.5. The fourth-order valence-electron chi connectivity index (χ4n) is 3.70. The van der Waals surface area contributed by atoms with Gasteiger partial charge in [-0.15, -0.1) is 0 Å². The molecule has 2 saturated carbocycles. The number of hydrogen-bond acceptors (Lipinski definition) is 2. The van der Waals surface area contributed by atoms with Crippen molar-refractivity contribution in [1.82, 2.24) is 15.1 Å². The number of amides is 1. The van der Waals surface area contributed by atoms with Gasteiger partial charge in [-0.25, -0.2) is 0 Å². The Morgan fingerprint density at radius 2 is 2.39 bits per heavy atom. The Bertz CT molecular complexity index is 440. The van der Waals surface area contributed by atoms with Gasteiger partial charge in [0, 0.05) is 19.7 Å². The van der Waals surface area contributed by atoms with Crippen LogP contribution in [0.5, 0.6) is 0 Å². The summed E-state index contributed by atoms with van der Waals surface area (Å²) in [6.07, 6.45) is 7.89. The topological polar surface area (TPSA) is 46.9 Å². The molecule has 4 heteroatoms. The Labute approximate surface area is 108 Å². The number of aryl methyl sites for hydroxylation is 1. The number of nitrogens with zero attached hydrogens (tertiary/aromatic N) is 2. The first-order chi connectivity index (χ1) is 8.72. The third-order valence-corrected chi connectivity index (χ3v) is 4.72. The van der Waals surface area contributed by atoms with Crippen molar-refractivity contribution < 1.29 is 4.79 Å². The smallest absolute Gasteiger partial charge is 0.220 e. The summed E-state index contributed by atoms with van der Waals surface area (Å²) in [4.78, 5) is 11.9. The minimum Gasteiger partial charge on any atom is -0.350 e. The molecule has 18 heavy (non-hydrogen) atoms. The van der Waals surface area contributed by atoms with E-state index in [4.69, 9.17) is 0 Å². The van der Waals surface area contributed by atoms with E-state index in [2.05, 4.69) is 10.4 Å². The Morgan fingerprint density at radius 1 is 1.50 bits per heavy atom. The van der Waals surface area contributed by atoms with Crippen LogP contribution in [-0.4, -0.2) is 15.7 Å². The zero-order valence-corrected chi connectivity index (χ0v) is 10.9. The summed E-state index contributed by atoms with van der Waals surface area (Å²) in [7, 11) is 1.90. The van der Waals surface area contributed by atoms with Crippen LogP contribution >= 0.6 is 0 Å². The average molecular weight is 247 g/mol. The highest BCUT2D eigenvalue weighted by Gasteiger charge is 2.39. The molecule has 1 heterocycles. The molecule has 4 nitrogen and oxygen atoms in total. The zero-order valence-electron chi connectivity index (χ0n) is 10.9. The van der Waals surface area contributed by atoms with Gasteiger partial charge in [0.05, 0.1) is 12.2 Å². The molecule has 2 bridgehead atoms. The van der Waals surface area contributed by atoms with Crippen LogP contribution in [0.25, 0.3) is 0 Å². The molecule has 98 valence electrons. The lowest BCUT2D eigenvalue weighted by Gasteiger charge is -2.20. The molecule has 3 unspecified atom stereocenters. The minimum atomic E-state index is 0.203. The standard InChI is InChI=1S/C14H21N3O/c1-17-13(4-5-16-17)9-15-14(18)8-12-7-10-2-3-11(12)6-10/h4-5,10-12H,2-3,6-9H2,1H3,(H,15,18). The molecular formula is C14H21N3O. The highest BCUT2D eigenvalue weighted by Crippen LogP contribution is 2.49. The van der Waals surface area contributed by atoms with E-state index in [0.717, 1.165) is 24.0 Å². The van der Waals surface area contributed by atoms with Crippen molar-refractivity contribution in [3.63, 3.8) is 0 Å². The molecule has 3 rings (SSSR count). The number of aromatic nitrogens is 2. The molecule has 0 aliphatic heterocycles. The maximum absolute atomic E-state index is 11.9. The van der Waals surface area contributed by atoms with Crippen molar-refractivity contribution in [3.8, 4) is 0 Å². The van der Waals surface area contributed by atoms with Crippen LogP contribution in [0.3, 0.4) is 0 Å². The van der Waals surface area contributed by atoms with Gasteiger partial charge in [0.15, 0.2) is 0 Å². The van der Waals surface area contributed by atoms with Crippen LogP contribution < -0.4 is 5.32 Å². The van der Waals surface area contributed by atoms with Gasteiger partial charge in [-0.2, -0.15) is 5.10 Å². The van der Waals surface area contributed by atoms with Gasteiger partial charge in [0.2, 0.25) is 5.91 Å². The van der Waals surface area contributed by atoms with E-state index < -0.39 is 0 Å². The minimum absolute atomic E-state index is 0.203. The predicted octanol–water partition coefficient (Wildman–Crippen LogP) is 1.86. The Hall–Kier alpha value is -1.32. The van der Waals surface area contributed by atoms with Crippen LogP contribution in [0.4, 0.5) is 0 Å². The molecule has 1 amide bonds. The highest BCUT2D eigenvalue weighted by molar-refractivity contribution is 5.76. The van der Waals surface area contributed by atoms with Crippen molar-refractivity contribution in [1.29, 1.82) is 0 Å². The molecule has 1 N–H and O–H groups in total. The second-order valence-corrected chi connectivity index (χ2v) is 5.86. The van der Waals surface area contributed by atoms with Gasteiger partial charge in [-0.1, -0.05) is 6.42 Å². The second-order valence-electron chi connectivity index (χ2n) is 5.86. The van der Waals surface area contributed by atoms with Crippen molar-refractivity contribution in [2.75, 3.05) is 0 Å². The monoisotopic (exact) mass is 247 g/mol. The molecule has 2 aliphatic carbocycles. The van der Waals surface area contributed by atoms with Crippen LogP contribution in [0.2, 0.25) is 0 Å². The van der Waals surface area contributed by atoms with Gasteiger partial charge in [0.1, 0.15) is 0 Å². The molecule has 0 aromatic carbocycles. The quantitative estimate of drug-likeness (QED) is 0.882. The first-order valence-electron chi connectivity index (χ1n) is 6.96. The normalized spacial score (nSPS) is 29.7. The maximum Gasteiger partial charge on any atom is 0.220 e.